The van der Waals surface area contributed by atoms with E-state index >= 15 is 0 Å². The van der Waals surface area contributed by atoms with Crippen molar-refractivity contribution in [3.05, 3.63) is 157 Å². The minimum atomic E-state index is -0.519. The monoisotopic (exact) mass is 587 g/mol. The highest BCUT2D eigenvalue weighted by atomic mass is 16.3. The average Bonchev–Trinajstić information content (AvgIpc) is 3.90. The van der Waals surface area contributed by atoms with Crippen LogP contribution >= 0.6 is 0 Å². The zero-order valence-electron chi connectivity index (χ0n) is 36.3. The maximum atomic E-state index is 9.02. The fraction of sp³-hybridized carbons (Fsp3) is 0. The van der Waals surface area contributed by atoms with E-state index in [0.29, 0.717) is 44.4 Å². The third-order valence-corrected chi connectivity index (χ3v) is 8.45. The second-order valence-corrected chi connectivity index (χ2v) is 10.8. The van der Waals surface area contributed by atoms with Gasteiger partial charge in [0, 0.05) is 32.6 Å². The predicted molar refractivity (Wildman–Crippen MR) is 188 cm³/mol. The van der Waals surface area contributed by atoms with Gasteiger partial charge in [0.2, 0.25) is 0 Å². The highest BCUT2D eigenvalue weighted by Crippen LogP contribution is 2.41. The number of para-hydroxylation sites is 3. The van der Waals surface area contributed by atoms with E-state index in [2.05, 4.69) is 0 Å². The highest BCUT2D eigenvalue weighted by molar-refractivity contribution is 6.15. The van der Waals surface area contributed by atoms with Gasteiger partial charge >= 0.3 is 0 Å². The molecule has 0 aliphatic carbocycles. The fourth-order valence-corrected chi connectivity index (χ4v) is 6.58. The molecule has 45 heavy (non-hydrogen) atoms. The van der Waals surface area contributed by atoms with Gasteiger partial charge in [-0.1, -0.05) is 103 Å². The van der Waals surface area contributed by atoms with E-state index in [0.717, 1.165) is 16.3 Å². The van der Waals surface area contributed by atoms with Crippen molar-refractivity contribution in [1.82, 2.24) is 9.13 Å². The van der Waals surface area contributed by atoms with Gasteiger partial charge in [-0.3, -0.25) is 0 Å². The molecule has 0 bridgehead atoms. The van der Waals surface area contributed by atoms with Crippen LogP contribution in [-0.4, -0.2) is 9.13 Å². The highest BCUT2D eigenvalue weighted by Gasteiger charge is 2.19. The van der Waals surface area contributed by atoms with E-state index in [1.165, 1.54) is 4.57 Å². The molecule has 3 heterocycles. The SMILES string of the molecule is [2H]c1c([2H])c([2H])c(-c2ccc3oc4cccc(-n5c6ccccc6c6ccc(-n7c8c([2H])c([2H])c([2H])c([2H])c8c8c([2H])c([2H])c([2H])c([2H])c87)cc65)c4c3c2)c([2H])c1[2H]. The standard InChI is InChI=1S/C42H26N2O/c1-2-11-27(12-3-1)28-21-24-40-34(25-28)42-38(19-10-20-41(42)45-40)44-37-18-9-6-15-32(37)33-23-22-29(26-39(33)44)43-35-16-7-4-13-30(35)31-14-5-8-17-36(31)43/h1-26H/i1D,2D,3D,4D,5D,7D,8D,11D,12D,13D,14D,16D,17D. The lowest BCUT2D eigenvalue weighted by Gasteiger charge is -2.12. The summed E-state index contributed by atoms with van der Waals surface area (Å²) in [6.07, 6.45) is 0. The van der Waals surface area contributed by atoms with Gasteiger partial charge in [-0.05, 0) is 65.7 Å². The summed E-state index contributed by atoms with van der Waals surface area (Å²) in [7, 11) is 0. The molecule has 3 heteroatoms. The van der Waals surface area contributed by atoms with Crippen LogP contribution in [0.1, 0.15) is 17.8 Å². The number of fused-ring (bicyclic) bond motifs is 9. The fourth-order valence-electron chi connectivity index (χ4n) is 6.58. The molecule has 0 saturated carbocycles. The molecule has 210 valence electrons. The first-order valence-electron chi connectivity index (χ1n) is 20.8. The number of rotatable bonds is 3. The molecule has 3 aromatic heterocycles. The molecule has 0 aliphatic heterocycles. The molecule has 0 atom stereocenters. The zero-order valence-corrected chi connectivity index (χ0v) is 23.3. The predicted octanol–water partition coefficient (Wildman–Crippen LogP) is 11.4. The Kier molecular flexibility index (Phi) is 3.09. The Labute approximate surface area is 277 Å². The van der Waals surface area contributed by atoms with Crippen LogP contribution in [0.15, 0.2) is 162 Å². The van der Waals surface area contributed by atoms with Crippen LogP contribution in [0.25, 0.3) is 88.1 Å². The lowest BCUT2D eigenvalue weighted by atomic mass is 10.0. The molecule has 0 amide bonds. The van der Waals surface area contributed by atoms with Crippen molar-refractivity contribution in [1.29, 1.82) is 0 Å². The quantitative estimate of drug-likeness (QED) is 0.202. The average molecular weight is 588 g/mol. The molecule has 0 saturated heterocycles. The summed E-state index contributed by atoms with van der Waals surface area (Å²) in [4.78, 5) is 0. The van der Waals surface area contributed by atoms with Gasteiger partial charge in [0.1, 0.15) is 11.2 Å². The molecule has 0 aliphatic rings. The third-order valence-electron chi connectivity index (χ3n) is 8.45. The van der Waals surface area contributed by atoms with Crippen molar-refractivity contribution < 1.29 is 22.2 Å². The summed E-state index contributed by atoms with van der Waals surface area (Å²) in [6, 6.07) is 18.3. The number of aromatic nitrogens is 2. The Balaban J connectivity index is 1.32. The zero-order chi connectivity index (χ0) is 40.8. The molecule has 7 aromatic carbocycles. The number of furan rings is 1. The molecule has 10 aromatic rings. The Bertz CT molecular complexity index is 3400. The Morgan fingerprint density at radius 1 is 0.444 bits per heavy atom. The molecule has 10 rings (SSSR count). The summed E-state index contributed by atoms with van der Waals surface area (Å²) in [5.74, 6) is 0. The smallest absolute Gasteiger partial charge is 0.137 e. The summed E-state index contributed by atoms with van der Waals surface area (Å²) in [6.45, 7) is 0. The second-order valence-electron chi connectivity index (χ2n) is 10.8. The summed E-state index contributed by atoms with van der Waals surface area (Å²) >= 11 is 0. The largest absolute Gasteiger partial charge is 0.456 e. The summed E-state index contributed by atoms with van der Waals surface area (Å²) in [5.41, 5.74) is 4.08. The topological polar surface area (TPSA) is 23.0 Å². The second kappa shape index (κ2) is 9.22. The van der Waals surface area contributed by atoms with Gasteiger partial charge in [0.05, 0.1) is 51.0 Å². The van der Waals surface area contributed by atoms with Gasteiger partial charge in [0.25, 0.3) is 0 Å². The van der Waals surface area contributed by atoms with E-state index < -0.39 is 66.5 Å². The number of nitrogens with zero attached hydrogens (tertiary/aromatic N) is 2. The Morgan fingerprint density at radius 3 is 2.00 bits per heavy atom. The van der Waals surface area contributed by atoms with Crippen molar-refractivity contribution >= 4 is 65.6 Å². The van der Waals surface area contributed by atoms with Crippen LogP contribution in [0.3, 0.4) is 0 Å². The van der Waals surface area contributed by atoms with E-state index in [9.17, 15) is 0 Å². The van der Waals surface area contributed by atoms with Gasteiger partial charge in [-0.25, -0.2) is 0 Å². The number of hydrogen-bond acceptors (Lipinski definition) is 1. The lowest BCUT2D eigenvalue weighted by molar-refractivity contribution is 0.669. The van der Waals surface area contributed by atoms with Gasteiger partial charge in [-0.15, -0.1) is 0 Å². The first-order valence-corrected chi connectivity index (χ1v) is 14.3. The Hall–Kier alpha value is -6.06. The van der Waals surface area contributed by atoms with Crippen LogP contribution in [-0.2, 0) is 0 Å². The van der Waals surface area contributed by atoms with E-state index in [1.807, 2.05) is 59.2 Å². The molecule has 0 fully saturated rings. The van der Waals surface area contributed by atoms with Crippen LogP contribution in [0.4, 0.5) is 0 Å². The van der Waals surface area contributed by atoms with Crippen LogP contribution in [0.2, 0.25) is 0 Å². The van der Waals surface area contributed by atoms with Crippen molar-refractivity contribution in [2.75, 3.05) is 0 Å². The maximum Gasteiger partial charge on any atom is 0.137 e. The molecule has 3 nitrogen and oxygen atoms in total. The first-order chi connectivity index (χ1) is 27.7. The van der Waals surface area contributed by atoms with Gasteiger partial charge < -0.3 is 13.6 Å². The Morgan fingerprint density at radius 2 is 1.18 bits per heavy atom. The molecule has 0 unspecified atom stereocenters. The first kappa shape index (κ1) is 15.1. The van der Waals surface area contributed by atoms with Crippen molar-refractivity contribution in [3.63, 3.8) is 0 Å². The maximum absolute atomic E-state index is 9.02. The van der Waals surface area contributed by atoms with Crippen molar-refractivity contribution in [2.24, 2.45) is 0 Å². The van der Waals surface area contributed by atoms with Crippen molar-refractivity contribution in [2.45, 2.75) is 0 Å². The van der Waals surface area contributed by atoms with E-state index in [4.69, 9.17) is 22.2 Å². The van der Waals surface area contributed by atoms with Gasteiger partial charge in [-0.2, -0.15) is 0 Å². The lowest BCUT2D eigenvalue weighted by Crippen LogP contribution is -1.97. The van der Waals surface area contributed by atoms with E-state index in [-0.39, 0.29) is 39.5 Å². The normalized spacial score (nSPS) is 16.0. The number of hydrogen-bond donors (Lipinski definition) is 0. The van der Waals surface area contributed by atoms with E-state index in [1.54, 1.807) is 24.3 Å². The minimum Gasteiger partial charge on any atom is -0.456 e. The molecule has 0 radical (unpaired) electrons. The molecule has 0 spiro atoms. The molecular formula is C42H26N2O. The summed E-state index contributed by atoms with van der Waals surface area (Å²) in [5, 5.41) is 3.00. The molecular weight excluding hydrogens is 548 g/mol. The summed E-state index contributed by atoms with van der Waals surface area (Å²) < 4.78 is 121. The van der Waals surface area contributed by atoms with Crippen LogP contribution in [0, 0.1) is 0 Å². The number of benzene rings is 7. The van der Waals surface area contributed by atoms with Crippen LogP contribution < -0.4 is 0 Å². The minimum absolute atomic E-state index is 0.0121. The third kappa shape index (κ3) is 3.46. The molecule has 0 N–H and O–H groups in total. The van der Waals surface area contributed by atoms with Gasteiger partial charge in [0.15, 0.2) is 0 Å². The van der Waals surface area contributed by atoms with Crippen LogP contribution in [0.5, 0.6) is 0 Å². The van der Waals surface area contributed by atoms with Crippen molar-refractivity contribution in [3.8, 4) is 22.5 Å².